The van der Waals surface area contributed by atoms with E-state index in [1.807, 2.05) is 0 Å². The number of carbonyl (C=O) groups is 2. The summed E-state index contributed by atoms with van der Waals surface area (Å²) in [5.41, 5.74) is 6.60. The number of piperidine rings is 1. The van der Waals surface area contributed by atoms with Crippen molar-refractivity contribution in [2.24, 2.45) is 11.7 Å². The van der Waals surface area contributed by atoms with Crippen molar-refractivity contribution in [3.05, 3.63) is 64.7 Å². The monoisotopic (exact) mass is 435 g/mol. The van der Waals surface area contributed by atoms with Gasteiger partial charge in [0.15, 0.2) is 0 Å². The second kappa shape index (κ2) is 8.94. The third-order valence-electron chi connectivity index (χ3n) is 4.80. The zero-order valence-corrected chi connectivity index (χ0v) is 17.2. The van der Waals surface area contributed by atoms with Crippen molar-refractivity contribution in [1.29, 1.82) is 0 Å². The molecule has 0 bridgehead atoms. The van der Waals surface area contributed by atoms with E-state index in [1.54, 1.807) is 42.5 Å². The minimum atomic E-state index is -3.58. The van der Waals surface area contributed by atoms with Crippen LogP contribution in [-0.2, 0) is 20.6 Å². The van der Waals surface area contributed by atoms with Crippen LogP contribution in [0.25, 0.3) is 0 Å². The molecule has 1 unspecified atom stereocenters. The molecule has 154 valence electrons. The van der Waals surface area contributed by atoms with Gasteiger partial charge in [-0.05, 0) is 48.7 Å². The van der Waals surface area contributed by atoms with Crippen molar-refractivity contribution in [1.82, 2.24) is 4.31 Å². The summed E-state index contributed by atoms with van der Waals surface area (Å²) in [6.45, 7) is 0.494. The normalized spacial score (nSPS) is 17.6. The van der Waals surface area contributed by atoms with Crippen LogP contribution >= 0.6 is 11.6 Å². The summed E-state index contributed by atoms with van der Waals surface area (Å²) in [4.78, 5) is 24.0. The molecule has 1 saturated heterocycles. The number of primary amides is 1. The lowest BCUT2D eigenvalue weighted by atomic mass is 9.98. The van der Waals surface area contributed by atoms with Crippen LogP contribution in [-0.4, -0.2) is 37.6 Å². The van der Waals surface area contributed by atoms with E-state index in [0.29, 0.717) is 35.7 Å². The van der Waals surface area contributed by atoms with Gasteiger partial charge in [-0.3, -0.25) is 9.59 Å². The fraction of sp³-hybridized carbons (Fsp3) is 0.300. The van der Waals surface area contributed by atoms with E-state index in [0.717, 1.165) is 0 Å². The first-order valence-corrected chi connectivity index (χ1v) is 11.2. The number of sulfonamides is 1. The lowest BCUT2D eigenvalue weighted by Crippen LogP contribution is -2.44. The number of nitrogens with one attached hydrogen (secondary N) is 1. The molecule has 0 aromatic heterocycles. The van der Waals surface area contributed by atoms with Gasteiger partial charge in [-0.25, -0.2) is 12.7 Å². The summed E-state index contributed by atoms with van der Waals surface area (Å²) in [6, 6.07) is 13.1. The Kier molecular flexibility index (Phi) is 6.56. The third kappa shape index (κ3) is 5.56. The molecule has 1 heterocycles. The van der Waals surface area contributed by atoms with Crippen LogP contribution in [0.4, 0.5) is 5.69 Å². The maximum Gasteiger partial charge on any atom is 0.248 e. The van der Waals surface area contributed by atoms with Crippen LogP contribution in [0.2, 0.25) is 5.02 Å². The smallest absolute Gasteiger partial charge is 0.248 e. The van der Waals surface area contributed by atoms with E-state index >= 15 is 0 Å². The number of halogens is 1. The number of hydrogen-bond donors (Lipinski definition) is 2. The highest BCUT2D eigenvalue weighted by molar-refractivity contribution is 7.88. The number of benzene rings is 2. The summed E-state index contributed by atoms with van der Waals surface area (Å²) >= 11 is 5.94. The molecular formula is C20H22ClN3O4S. The second-order valence-corrected chi connectivity index (χ2v) is 9.42. The van der Waals surface area contributed by atoms with E-state index < -0.39 is 21.8 Å². The number of rotatable bonds is 6. The van der Waals surface area contributed by atoms with Crippen LogP contribution < -0.4 is 11.1 Å². The zero-order chi connectivity index (χ0) is 21.0. The molecule has 9 heteroatoms. The van der Waals surface area contributed by atoms with E-state index in [4.69, 9.17) is 17.3 Å². The Balaban J connectivity index is 1.67. The molecule has 1 atom stereocenters. The maximum absolute atomic E-state index is 12.8. The van der Waals surface area contributed by atoms with E-state index in [2.05, 4.69) is 5.32 Å². The van der Waals surface area contributed by atoms with Crippen molar-refractivity contribution in [3.63, 3.8) is 0 Å². The lowest BCUT2D eigenvalue weighted by Gasteiger charge is -2.31. The van der Waals surface area contributed by atoms with Crippen LogP contribution in [0.5, 0.6) is 0 Å². The minimum absolute atomic E-state index is 0.115. The summed E-state index contributed by atoms with van der Waals surface area (Å²) in [6.07, 6.45) is 1.18. The van der Waals surface area contributed by atoms with Gasteiger partial charge in [-0.2, -0.15) is 0 Å². The van der Waals surface area contributed by atoms with Crippen LogP contribution in [0.15, 0.2) is 48.5 Å². The molecule has 2 amide bonds. The Bertz CT molecular complexity index is 1030. The number of nitrogens with zero attached hydrogens (tertiary/aromatic N) is 1. The molecule has 0 saturated carbocycles. The topological polar surface area (TPSA) is 110 Å². The number of amides is 2. The van der Waals surface area contributed by atoms with Crippen molar-refractivity contribution in [2.45, 2.75) is 18.6 Å². The lowest BCUT2D eigenvalue weighted by molar-refractivity contribution is -0.120. The predicted octanol–water partition coefficient (Wildman–Crippen LogP) is 2.62. The summed E-state index contributed by atoms with van der Waals surface area (Å²) in [5, 5.41) is 3.23. The van der Waals surface area contributed by atoms with Gasteiger partial charge in [0, 0.05) is 29.4 Å². The first kappa shape index (κ1) is 21.3. The highest BCUT2D eigenvalue weighted by atomic mass is 35.5. The predicted molar refractivity (Wildman–Crippen MR) is 112 cm³/mol. The van der Waals surface area contributed by atoms with Gasteiger partial charge in [0.2, 0.25) is 21.8 Å². The second-order valence-electron chi connectivity index (χ2n) is 7.02. The zero-order valence-electron chi connectivity index (χ0n) is 15.7. The number of carbonyl (C=O) groups excluding carboxylic acids is 2. The molecule has 1 aliphatic heterocycles. The third-order valence-corrected chi connectivity index (χ3v) is 6.85. The van der Waals surface area contributed by atoms with Gasteiger partial charge >= 0.3 is 0 Å². The highest BCUT2D eigenvalue weighted by Crippen LogP contribution is 2.24. The van der Waals surface area contributed by atoms with Gasteiger partial charge in [0.05, 0.1) is 11.7 Å². The number of anilines is 1. The van der Waals surface area contributed by atoms with Crippen LogP contribution in [0, 0.1) is 5.92 Å². The Hall–Kier alpha value is -2.42. The number of hydrogen-bond acceptors (Lipinski definition) is 4. The quantitative estimate of drug-likeness (QED) is 0.726. The molecule has 0 aliphatic carbocycles. The molecule has 7 nitrogen and oxygen atoms in total. The molecule has 0 radical (unpaired) electrons. The van der Waals surface area contributed by atoms with Gasteiger partial charge in [-0.1, -0.05) is 29.8 Å². The first-order valence-electron chi connectivity index (χ1n) is 9.17. The highest BCUT2D eigenvalue weighted by Gasteiger charge is 2.32. The molecular weight excluding hydrogens is 414 g/mol. The fourth-order valence-corrected chi connectivity index (χ4v) is 5.14. The largest absolute Gasteiger partial charge is 0.366 e. The molecule has 29 heavy (non-hydrogen) atoms. The SMILES string of the molecule is NC(=O)c1cccc(NC(=O)C2CCCN(S(=O)(=O)Cc3cccc(Cl)c3)C2)c1. The molecule has 0 spiro atoms. The van der Waals surface area contributed by atoms with Crippen LogP contribution in [0.3, 0.4) is 0 Å². The Morgan fingerprint density at radius 1 is 1.17 bits per heavy atom. The van der Waals surface area contributed by atoms with Crippen LogP contribution in [0.1, 0.15) is 28.8 Å². The minimum Gasteiger partial charge on any atom is -0.366 e. The molecule has 1 aliphatic rings. The first-order chi connectivity index (χ1) is 13.7. The fourth-order valence-electron chi connectivity index (χ4n) is 3.33. The Morgan fingerprint density at radius 2 is 1.93 bits per heavy atom. The van der Waals surface area contributed by atoms with Gasteiger partial charge < -0.3 is 11.1 Å². The molecule has 2 aromatic rings. The van der Waals surface area contributed by atoms with E-state index in [-0.39, 0.29) is 23.8 Å². The molecule has 1 fully saturated rings. The Morgan fingerprint density at radius 3 is 2.66 bits per heavy atom. The average Bonchev–Trinajstić information content (AvgIpc) is 2.68. The van der Waals surface area contributed by atoms with E-state index in [1.165, 1.54) is 10.4 Å². The summed E-state index contributed by atoms with van der Waals surface area (Å²) < 4.78 is 27.0. The standard InChI is InChI=1S/C20H22ClN3O4S/c21-17-7-1-4-14(10-17)13-29(27,28)24-9-3-6-16(12-24)20(26)23-18-8-2-5-15(11-18)19(22)25/h1-2,4-5,7-8,10-11,16H,3,6,9,12-13H2,(H2,22,25)(H,23,26). The maximum atomic E-state index is 12.8. The molecule has 2 aromatic carbocycles. The van der Waals surface area contributed by atoms with Gasteiger partial charge in [0.1, 0.15) is 0 Å². The van der Waals surface area contributed by atoms with Crippen molar-refractivity contribution in [2.75, 3.05) is 18.4 Å². The molecule has 3 rings (SSSR count). The van der Waals surface area contributed by atoms with Crippen molar-refractivity contribution in [3.8, 4) is 0 Å². The Labute approximate surface area is 174 Å². The summed E-state index contributed by atoms with van der Waals surface area (Å²) in [5.74, 6) is -1.51. The van der Waals surface area contributed by atoms with E-state index in [9.17, 15) is 18.0 Å². The van der Waals surface area contributed by atoms with Crippen molar-refractivity contribution >= 4 is 39.1 Å². The molecule has 3 N–H and O–H groups in total. The van der Waals surface area contributed by atoms with Gasteiger partial charge in [0.25, 0.3) is 0 Å². The van der Waals surface area contributed by atoms with Crippen molar-refractivity contribution < 1.29 is 18.0 Å². The average molecular weight is 436 g/mol. The van der Waals surface area contributed by atoms with Gasteiger partial charge in [-0.15, -0.1) is 0 Å². The summed E-state index contributed by atoms with van der Waals surface area (Å²) in [7, 11) is -3.58. The number of nitrogens with two attached hydrogens (primary N) is 1.